The van der Waals surface area contributed by atoms with Crippen molar-refractivity contribution >= 4 is 146 Å². The number of hydrogen-bond acceptors (Lipinski definition) is 6. The van der Waals surface area contributed by atoms with Gasteiger partial charge in [0.25, 0.3) is 0 Å². The standard InChI is InChI=1S/2C15H22BN6.4Fe.6S.3Se.2W/c2*1-10-7-13(4)20(17-10)16(21-14(5)8-11(2)18-21)22-15(6)9-12(3)19-22;;;;;;;;;;;;;;;/h2*7-9,16H,1-6H3;;;;;;;;;;;;;;;/q2*-1;4*+3;9*-2;;. The summed E-state index contributed by atoms with van der Waals surface area (Å²) in [6.45, 7) is 24.6. The van der Waals surface area contributed by atoms with E-state index in [0.717, 1.165) is 68.3 Å². The van der Waals surface area contributed by atoms with Crippen molar-refractivity contribution in [3.8, 4) is 0 Å². The van der Waals surface area contributed by atoms with Crippen molar-refractivity contribution in [3.05, 3.63) is 105 Å². The Morgan fingerprint density at radius 3 is 0.458 bits per heavy atom. The van der Waals surface area contributed by atoms with Crippen LogP contribution >= 0.6 is 0 Å². The van der Waals surface area contributed by atoms with Gasteiger partial charge in [0.05, 0.1) is 34.2 Å². The normalized spacial score (nSPS) is 8.64. The van der Waals surface area contributed by atoms with E-state index in [9.17, 15) is 0 Å². The van der Waals surface area contributed by atoms with E-state index < -0.39 is 14.2 Å². The van der Waals surface area contributed by atoms with E-state index in [0.29, 0.717) is 0 Å². The zero-order valence-electron chi connectivity index (χ0n) is 34.1. The van der Waals surface area contributed by atoms with E-state index in [-0.39, 0.29) is 243 Å². The van der Waals surface area contributed by atoms with Crippen molar-refractivity contribution in [2.75, 3.05) is 0 Å². The van der Waals surface area contributed by atoms with Crippen LogP contribution in [-0.4, -0.2) is 124 Å². The van der Waals surface area contributed by atoms with Crippen molar-refractivity contribution in [3.63, 3.8) is 0 Å². The predicted octanol–water partition coefficient (Wildman–Crippen LogP) is 2.41. The van der Waals surface area contributed by atoms with Crippen molar-refractivity contribution in [1.82, 2.24) is 58.1 Å². The van der Waals surface area contributed by atoms with Gasteiger partial charge in [-0.25, -0.2) is 30.6 Å². The van der Waals surface area contributed by atoms with Gasteiger partial charge in [0.1, 0.15) is 0 Å². The fraction of sp³-hybridized carbons (Fsp3) is 0.400. The first-order valence-corrected chi connectivity index (χ1v) is 15.2. The second kappa shape index (κ2) is 38.6. The van der Waals surface area contributed by atoms with Gasteiger partial charge in [0.15, 0.2) is 0 Å². The molecule has 6 heterocycles. The van der Waals surface area contributed by atoms with E-state index in [1.165, 1.54) is 0 Å². The zero-order chi connectivity index (χ0) is 32.0. The van der Waals surface area contributed by atoms with E-state index >= 15 is 0 Å². The predicted molar refractivity (Wildman–Crippen MR) is 238 cm³/mol. The molecule has 0 aliphatic rings. The number of rotatable bonds is 6. The number of aryl methyl sites for hydroxylation is 12. The molecule has 0 unspecified atom stereocenters. The third-order valence-electron chi connectivity index (χ3n) is 8.23. The molecule has 59 heavy (non-hydrogen) atoms. The topological polar surface area (TPSA) is 107 Å². The summed E-state index contributed by atoms with van der Waals surface area (Å²) < 4.78 is 12.4. The zero-order valence-corrected chi connectivity index (χ0v) is 54.5. The van der Waals surface area contributed by atoms with Crippen molar-refractivity contribution in [2.45, 2.75) is 83.1 Å². The molecular weight excluding hydrogens is 1570 g/mol. The van der Waals surface area contributed by atoms with Crippen LogP contribution in [0.4, 0.5) is 0 Å². The van der Waals surface area contributed by atoms with Crippen LogP contribution in [-0.2, 0) is 191 Å². The second-order valence-electron chi connectivity index (χ2n) is 12.4. The Morgan fingerprint density at radius 2 is 0.390 bits per heavy atom. The molecule has 0 bridgehead atoms. The Labute approximate surface area is 496 Å². The van der Waals surface area contributed by atoms with Gasteiger partial charge in [-0.15, -0.1) is 0 Å². The fourth-order valence-corrected chi connectivity index (χ4v) is 6.53. The largest absolute Gasteiger partial charge is 3.00 e. The van der Waals surface area contributed by atoms with Gasteiger partial charge in [-0.2, -0.15) is 0 Å². The summed E-state index contributed by atoms with van der Waals surface area (Å²) in [4.78, 5) is 0. The first-order chi connectivity index (χ1) is 20.7. The summed E-state index contributed by atoms with van der Waals surface area (Å²) in [6, 6.07) is 12.6. The van der Waals surface area contributed by atoms with Crippen LogP contribution in [0.2, 0.25) is 0 Å². The Balaban J connectivity index is -0.0000000692. The quantitative estimate of drug-likeness (QED) is 0.238. The van der Waals surface area contributed by atoms with Gasteiger partial charge in [-0.1, -0.05) is 0 Å². The molecule has 0 N–H and O–H groups in total. The van der Waals surface area contributed by atoms with Crippen LogP contribution in [0.1, 0.15) is 68.3 Å². The summed E-state index contributed by atoms with van der Waals surface area (Å²) in [5.41, 5.74) is 12.8. The average Bonchev–Trinajstić information content (AvgIpc) is 3.74. The summed E-state index contributed by atoms with van der Waals surface area (Å²) in [5.74, 6) is 0. The maximum atomic E-state index is 4.70. The Kier molecular flexibility index (Phi) is 57.7. The Morgan fingerprint density at radius 1 is 0.288 bits per heavy atom. The van der Waals surface area contributed by atoms with Gasteiger partial charge >= 0.3 is 82.5 Å². The molecule has 0 aromatic carbocycles. The van der Waals surface area contributed by atoms with Gasteiger partial charge in [-0.3, -0.25) is 0 Å². The fourth-order valence-electron chi connectivity index (χ4n) is 6.53. The second-order valence-corrected chi connectivity index (χ2v) is 12.4. The van der Waals surface area contributed by atoms with Crippen LogP contribution in [0.15, 0.2) is 36.4 Å². The maximum absolute atomic E-state index is 4.70. The smallest absolute Gasteiger partial charge is 2.00 e. The Bertz CT molecular complexity index is 1650. The number of hydrogen-bond donors (Lipinski definition) is 0. The van der Waals surface area contributed by atoms with Gasteiger partial charge in [-0.05, 0) is 154 Å². The van der Waals surface area contributed by atoms with E-state index in [4.69, 9.17) is 30.6 Å². The van der Waals surface area contributed by atoms with Crippen LogP contribution < -0.4 is 0 Å². The molecule has 6 aromatic rings. The molecule has 0 spiro atoms. The number of nitrogens with zero attached hydrogens (tertiary/aromatic N) is 12. The first-order valence-electron chi connectivity index (χ1n) is 15.2. The molecule has 6 aromatic heterocycles. The molecule has 29 heteroatoms. The monoisotopic (exact) mass is 1620 g/mol. The van der Waals surface area contributed by atoms with Crippen LogP contribution in [0.3, 0.4) is 0 Å². The summed E-state index contributed by atoms with van der Waals surface area (Å²) in [7, 11) is -2.52. The van der Waals surface area contributed by atoms with Crippen molar-refractivity contribution < 1.29 is 110 Å². The van der Waals surface area contributed by atoms with Gasteiger partial charge in [0.2, 0.25) is 0 Å². The molecule has 0 atom stereocenters. The summed E-state index contributed by atoms with van der Waals surface area (Å²) in [6.07, 6.45) is 0. The minimum absolute atomic E-state index is 0. The molecule has 0 aliphatic heterocycles. The minimum atomic E-state index is -1.26. The average molecular weight is 1610 g/mol. The van der Waals surface area contributed by atoms with Crippen molar-refractivity contribution in [1.29, 1.82) is 0 Å². The third kappa shape index (κ3) is 21.3. The molecule has 6 rings (SSSR count). The molecule has 4 radical (unpaired) electrons. The summed E-state index contributed by atoms with van der Waals surface area (Å²) >= 11 is 0. The molecule has 0 saturated carbocycles. The van der Waals surface area contributed by atoms with E-state index in [2.05, 4.69) is 105 Å². The van der Waals surface area contributed by atoms with Crippen LogP contribution in [0.25, 0.3) is 0 Å². The van der Waals surface area contributed by atoms with Crippen LogP contribution in [0.5, 0.6) is 0 Å². The van der Waals surface area contributed by atoms with Gasteiger partial charge in [0, 0.05) is 42.1 Å². The molecule has 0 amide bonds. The van der Waals surface area contributed by atoms with E-state index in [1.807, 2.05) is 41.5 Å². The maximum Gasteiger partial charge on any atom is 3.00 e. The molecule has 12 nitrogen and oxygen atoms in total. The van der Waals surface area contributed by atoms with Crippen LogP contribution in [0, 0.1) is 83.1 Å². The molecule has 336 valence electrons. The Hall–Kier alpha value is 2.50. The number of aromatic nitrogens is 12. The third-order valence-corrected chi connectivity index (χ3v) is 8.23. The summed E-state index contributed by atoms with van der Waals surface area (Å²) in [5, 5.41) is 28.2. The first kappa shape index (κ1) is 88.3. The molecule has 0 saturated heterocycles. The van der Waals surface area contributed by atoms with Gasteiger partial charge < -0.3 is 160 Å². The van der Waals surface area contributed by atoms with E-state index in [1.54, 1.807) is 0 Å². The molecule has 0 aliphatic carbocycles. The molecular formula is C30H44B2Fe4N12S6Se3W2-8. The molecule has 0 fully saturated rings. The SMILES string of the molecule is Cc1cc(C)n([BH-](n2nc(C)cc2C)n2nc(C)cc2C)n1.Cc1cc(C)n([BH-](n2nc(C)cc2C)n2nc(C)cc2C)n1.[Fe+3].[Fe+3].[Fe+3].[Fe+3].[S-2].[S-2].[S-2].[S-2].[S-2].[S-2].[Se-2].[Se-2].[Se-2].[W].[W]. The van der Waals surface area contributed by atoms with Crippen molar-refractivity contribution in [2.24, 2.45) is 0 Å². The minimum Gasteiger partial charge on any atom is -2.00 e.